The molecule has 0 unspecified atom stereocenters. The van der Waals surface area contributed by atoms with Crippen molar-refractivity contribution in [3.05, 3.63) is 75.8 Å². The molecular formula is C18H15BrO4. The molecule has 0 heterocycles. The molecule has 0 bridgehead atoms. The first-order chi connectivity index (χ1) is 11.0. The Bertz CT molecular complexity index is 733. The van der Waals surface area contributed by atoms with Crippen LogP contribution < -0.4 is 0 Å². The number of esters is 1. The van der Waals surface area contributed by atoms with E-state index in [1.807, 2.05) is 54.6 Å². The molecule has 2 rings (SSSR count). The molecule has 0 atom stereocenters. The second-order valence-electron chi connectivity index (χ2n) is 4.79. The van der Waals surface area contributed by atoms with Crippen LogP contribution >= 0.6 is 15.9 Å². The van der Waals surface area contributed by atoms with Crippen molar-refractivity contribution in [3.63, 3.8) is 0 Å². The maximum atomic E-state index is 12.1. The summed E-state index contributed by atoms with van der Waals surface area (Å²) in [5.41, 5.74) is 2.19. The third-order valence-corrected chi connectivity index (χ3v) is 3.79. The molecule has 0 saturated carbocycles. The normalized spacial score (nSPS) is 11.6. The summed E-state index contributed by atoms with van der Waals surface area (Å²) in [7, 11) is 1.24. The molecule has 4 nitrogen and oxygen atoms in total. The van der Waals surface area contributed by atoms with Gasteiger partial charge in [-0.25, -0.2) is 4.79 Å². The third kappa shape index (κ3) is 4.29. The fourth-order valence-electron chi connectivity index (χ4n) is 2.27. The molecule has 5 heteroatoms. The quantitative estimate of drug-likeness (QED) is 0.636. The minimum atomic E-state index is -1.09. The molecule has 2 aromatic carbocycles. The van der Waals surface area contributed by atoms with E-state index in [1.165, 1.54) is 7.11 Å². The number of rotatable bonds is 5. The van der Waals surface area contributed by atoms with Gasteiger partial charge in [-0.2, -0.15) is 0 Å². The molecule has 2 aromatic rings. The Morgan fingerprint density at radius 3 is 2.09 bits per heavy atom. The van der Waals surface area contributed by atoms with Gasteiger partial charge in [0.05, 0.1) is 19.1 Å². The van der Waals surface area contributed by atoms with Crippen molar-refractivity contribution in [2.45, 2.75) is 6.42 Å². The van der Waals surface area contributed by atoms with Crippen LogP contribution in [0.2, 0.25) is 0 Å². The van der Waals surface area contributed by atoms with Crippen molar-refractivity contribution in [2.75, 3.05) is 7.11 Å². The summed E-state index contributed by atoms with van der Waals surface area (Å²) in [6.07, 6.45) is -0.410. The Morgan fingerprint density at radius 1 is 1.00 bits per heavy atom. The number of hydrogen-bond acceptors (Lipinski definition) is 3. The Balaban J connectivity index is 2.72. The summed E-state index contributed by atoms with van der Waals surface area (Å²) in [4.78, 5) is 23.4. The van der Waals surface area contributed by atoms with Gasteiger partial charge in [-0.3, -0.25) is 4.79 Å². The first-order valence-electron chi connectivity index (χ1n) is 6.87. The number of carbonyl (C=O) groups excluding carboxylic acids is 1. The highest BCUT2D eigenvalue weighted by molar-refractivity contribution is 9.10. The summed E-state index contributed by atoms with van der Waals surface area (Å²) in [6.45, 7) is 0. The van der Waals surface area contributed by atoms with Crippen molar-refractivity contribution in [2.24, 2.45) is 0 Å². The molecule has 0 aromatic heterocycles. The standard InChI is InChI=1S/C18H15BrO4/c1-23-18(22)15(11-16(20)21)17(12-5-3-2-4-6-12)13-7-9-14(19)10-8-13/h2-10H,11H2,1H3,(H,20,21). The molecule has 1 N–H and O–H groups in total. The lowest BCUT2D eigenvalue weighted by atomic mass is 9.91. The van der Waals surface area contributed by atoms with Crippen molar-refractivity contribution < 1.29 is 19.4 Å². The predicted octanol–water partition coefficient (Wildman–Crippen LogP) is 3.90. The van der Waals surface area contributed by atoms with Crippen LogP contribution in [0, 0.1) is 0 Å². The van der Waals surface area contributed by atoms with E-state index in [9.17, 15) is 9.59 Å². The van der Waals surface area contributed by atoms with Gasteiger partial charge in [0, 0.05) is 4.47 Å². The highest BCUT2D eigenvalue weighted by atomic mass is 79.9. The fourth-order valence-corrected chi connectivity index (χ4v) is 2.54. The maximum absolute atomic E-state index is 12.1. The van der Waals surface area contributed by atoms with Crippen molar-refractivity contribution in [1.29, 1.82) is 0 Å². The van der Waals surface area contributed by atoms with E-state index in [2.05, 4.69) is 15.9 Å². The van der Waals surface area contributed by atoms with Gasteiger partial charge in [-0.05, 0) is 28.8 Å². The zero-order valence-electron chi connectivity index (χ0n) is 12.5. The van der Waals surface area contributed by atoms with Gasteiger partial charge >= 0.3 is 11.9 Å². The van der Waals surface area contributed by atoms with Crippen molar-refractivity contribution in [1.82, 2.24) is 0 Å². The average Bonchev–Trinajstić information content (AvgIpc) is 2.56. The monoisotopic (exact) mass is 374 g/mol. The molecule has 0 fully saturated rings. The van der Waals surface area contributed by atoms with Gasteiger partial charge in [-0.1, -0.05) is 58.4 Å². The smallest absolute Gasteiger partial charge is 0.334 e. The van der Waals surface area contributed by atoms with Gasteiger partial charge in [0.2, 0.25) is 0 Å². The molecule has 0 aliphatic rings. The van der Waals surface area contributed by atoms with E-state index in [4.69, 9.17) is 9.84 Å². The Hall–Kier alpha value is -2.40. The van der Waals surface area contributed by atoms with Crippen LogP contribution in [0.4, 0.5) is 0 Å². The SMILES string of the molecule is COC(=O)C(CC(=O)O)=C(c1ccccc1)c1ccc(Br)cc1. The molecule has 0 amide bonds. The van der Waals surface area contributed by atoms with E-state index in [0.717, 1.165) is 15.6 Å². The van der Waals surface area contributed by atoms with Crippen LogP contribution in [0.5, 0.6) is 0 Å². The van der Waals surface area contributed by atoms with E-state index in [1.54, 1.807) is 0 Å². The topological polar surface area (TPSA) is 63.6 Å². The Kier molecular flexibility index (Phi) is 5.71. The van der Waals surface area contributed by atoms with E-state index < -0.39 is 18.4 Å². The van der Waals surface area contributed by atoms with Crippen LogP contribution in [0.15, 0.2) is 64.6 Å². The van der Waals surface area contributed by atoms with E-state index in [-0.39, 0.29) is 5.57 Å². The number of carbonyl (C=O) groups is 2. The van der Waals surface area contributed by atoms with Gasteiger partial charge in [0.25, 0.3) is 0 Å². The number of methoxy groups -OCH3 is 1. The second-order valence-corrected chi connectivity index (χ2v) is 5.70. The first kappa shape index (κ1) is 17.0. The molecule has 0 saturated heterocycles. The van der Waals surface area contributed by atoms with Crippen LogP contribution in [0.25, 0.3) is 5.57 Å². The largest absolute Gasteiger partial charge is 0.481 e. The van der Waals surface area contributed by atoms with Gasteiger partial charge in [-0.15, -0.1) is 0 Å². The van der Waals surface area contributed by atoms with E-state index >= 15 is 0 Å². The highest BCUT2D eigenvalue weighted by Crippen LogP contribution is 2.30. The summed E-state index contributed by atoms with van der Waals surface area (Å²) >= 11 is 3.37. The zero-order valence-corrected chi connectivity index (χ0v) is 14.0. The number of benzene rings is 2. The van der Waals surface area contributed by atoms with Crippen LogP contribution in [-0.4, -0.2) is 24.2 Å². The first-order valence-corrected chi connectivity index (χ1v) is 7.67. The number of aliphatic carboxylic acids is 1. The van der Waals surface area contributed by atoms with Gasteiger partial charge in [0.1, 0.15) is 0 Å². The van der Waals surface area contributed by atoms with Crippen molar-refractivity contribution >= 4 is 33.4 Å². The van der Waals surface area contributed by atoms with Crippen molar-refractivity contribution in [3.8, 4) is 0 Å². The number of halogens is 1. The maximum Gasteiger partial charge on any atom is 0.334 e. The Labute approximate surface area is 142 Å². The minimum Gasteiger partial charge on any atom is -0.481 e. The molecular weight excluding hydrogens is 360 g/mol. The summed E-state index contributed by atoms with van der Waals surface area (Å²) in [6, 6.07) is 16.5. The lowest BCUT2D eigenvalue weighted by Gasteiger charge is -2.14. The number of hydrogen-bond donors (Lipinski definition) is 1. The lowest BCUT2D eigenvalue weighted by Crippen LogP contribution is -2.12. The summed E-state index contributed by atoms with van der Waals surface area (Å²) < 4.78 is 5.69. The molecule has 0 radical (unpaired) electrons. The summed E-state index contributed by atoms with van der Waals surface area (Å²) in [5, 5.41) is 9.17. The average molecular weight is 375 g/mol. The zero-order chi connectivity index (χ0) is 16.8. The molecule has 0 spiro atoms. The molecule has 118 valence electrons. The summed E-state index contributed by atoms with van der Waals surface area (Å²) in [5.74, 6) is -1.73. The predicted molar refractivity (Wildman–Crippen MR) is 90.9 cm³/mol. The third-order valence-electron chi connectivity index (χ3n) is 3.26. The fraction of sp³-hybridized carbons (Fsp3) is 0.111. The molecule has 23 heavy (non-hydrogen) atoms. The second kappa shape index (κ2) is 7.74. The van der Waals surface area contributed by atoms with Crippen LogP contribution in [0.1, 0.15) is 17.5 Å². The van der Waals surface area contributed by atoms with E-state index in [0.29, 0.717) is 5.57 Å². The number of carboxylic acids is 1. The Morgan fingerprint density at radius 2 is 1.57 bits per heavy atom. The lowest BCUT2D eigenvalue weighted by molar-refractivity contribution is -0.141. The van der Waals surface area contributed by atoms with Crippen LogP contribution in [0.3, 0.4) is 0 Å². The minimum absolute atomic E-state index is 0.119. The molecule has 0 aliphatic carbocycles. The van der Waals surface area contributed by atoms with Gasteiger partial charge in [0.15, 0.2) is 0 Å². The van der Waals surface area contributed by atoms with Crippen LogP contribution in [-0.2, 0) is 14.3 Å². The highest BCUT2D eigenvalue weighted by Gasteiger charge is 2.21. The van der Waals surface area contributed by atoms with Gasteiger partial charge < -0.3 is 9.84 Å². The number of ether oxygens (including phenoxy) is 1. The molecule has 0 aliphatic heterocycles. The number of carboxylic acid groups (broad SMARTS) is 1.